The lowest BCUT2D eigenvalue weighted by molar-refractivity contribution is 0.0390. The molecule has 0 bridgehead atoms. The number of benzene rings is 2. The van der Waals surface area contributed by atoms with Crippen molar-refractivity contribution in [2.24, 2.45) is 0 Å². The van der Waals surface area contributed by atoms with Crippen LogP contribution in [0.5, 0.6) is 0 Å². The molecule has 0 saturated carbocycles. The lowest BCUT2D eigenvalue weighted by Crippen LogP contribution is -2.36. The van der Waals surface area contributed by atoms with Gasteiger partial charge in [0, 0.05) is 23.2 Å². The van der Waals surface area contributed by atoms with Crippen molar-refractivity contribution in [2.45, 2.75) is 6.42 Å². The lowest BCUT2D eigenvalue weighted by Gasteiger charge is -2.26. The van der Waals surface area contributed by atoms with E-state index in [1.165, 1.54) is 31.4 Å². The Morgan fingerprint density at radius 1 is 0.960 bits per heavy atom. The van der Waals surface area contributed by atoms with E-state index >= 15 is 0 Å². The van der Waals surface area contributed by atoms with Crippen molar-refractivity contribution in [2.75, 3.05) is 32.8 Å². The fraction of sp³-hybridized carbons (Fsp3) is 0.273. The van der Waals surface area contributed by atoms with E-state index in [1.54, 1.807) is 0 Å². The molecule has 128 valence electrons. The first-order valence-electron chi connectivity index (χ1n) is 8.88. The highest BCUT2D eigenvalue weighted by Crippen LogP contribution is 2.38. The first kappa shape index (κ1) is 17.0. The summed E-state index contributed by atoms with van der Waals surface area (Å²) in [6.07, 6.45) is 5.80. The van der Waals surface area contributed by atoms with E-state index in [1.807, 2.05) is 0 Å². The van der Waals surface area contributed by atoms with Crippen LogP contribution in [0.15, 0.2) is 54.6 Å². The molecule has 3 heteroatoms. The number of nitrogens with zero attached hydrogens (tertiary/aromatic N) is 1. The summed E-state index contributed by atoms with van der Waals surface area (Å²) >= 11 is 2.41. The zero-order valence-electron chi connectivity index (χ0n) is 14.2. The number of fused-ring (bicyclic) bond motifs is 1. The number of halogens is 1. The van der Waals surface area contributed by atoms with Gasteiger partial charge in [0.15, 0.2) is 0 Å². The summed E-state index contributed by atoms with van der Waals surface area (Å²) in [6.45, 7) is 4.96. The molecule has 2 aromatic carbocycles. The molecule has 1 heterocycles. The lowest BCUT2D eigenvalue weighted by atomic mass is 10.0. The predicted octanol–water partition coefficient (Wildman–Crippen LogP) is 4.95. The minimum atomic E-state index is 0.868. The van der Waals surface area contributed by atoms with E-state index in [-0.39, 0.29) is 0 Å². The van der Waals surface area contributed by atoms with Crippen LogP contribution in [0.4, 0.5) is 0 Å². The molecule has 0 N–H and O–H groups in total. The minimum Gasteiger partial charge on any atom is -0.379 e. The molecule has 2 nitrogen and oxygen atoms in total. The van der Waals surface area contributed by atoms with Gasteiger partial charge in [-0.05, 0) is 69.0 Å². The summed E-state index contributed by atoms with van der Waals surface area (Å²) in [5, 5.41) is 0. The summed E-state index contributed by atoms with van der Waals surface area (Å²) in [4.78, 5) is 2.51. The number of rotatable bonds is 4. The smallest absolute Gasteiger partial charge is 0.0594 e. The van der Waals surface area contributed by atoms with Crippen LogP contribution < -0.4 is 0 Å². The molecule has 0 aromatic heterocycles. The van der Waals surface area contributed by atoms with E-state index in [0.29, 0.717) is 0 Å². The largest absolute Gasteiger partial charge is 0.379 e. The first-order chi connectivity index (χ1) is 12.3. The number of morpholine rings is 1. The molecule has 0 atom stereocenters. The maximum atomic E-state index is 5.46. The van der Waals surface area contributed by atoms with Crippen molar-refractivity contribution in [3.63, 3.8) is 0 Å². The van der Waals surface area contributed by atoms with Crippen molar-refractivity contribution in [1.29, 1.82) is 0 Å². The summed E-state index contributed by atoms with van der Waals surface area (Å²) < 4.78 is 6.75. The zero-order chi connectivity index (χ0) is 17.1. The molecule has 1 aliphatic heterocycles. The van der Waals surface area contributed by atoms with Gasteiger partial charge in [0.2, 0.25) is 0 Å². The Kier molecular flexibility index (Phi) is 5.34. The number of ether oxygens (including phenoxy) is 1. The van der Waals surface area contributed by atoms with Gasteiger partial charge in [-0.25, -0.2) is 0 Å². The van der Waals surface area contributed by atoms with Gasteiger partial charge in [-0.15, -0.1) is 0 Å². The molecule has 4 rings (SSSR count). The van der Waals surface area contributed by atoms with E-state index in [4.69, 9.17) is 4.74 Å². The third-order valence-corrected chi connectivity index (χ3v) is 5.91. The number of hydrogen-bond acceptors (Lipinski definition) is 2. The van der Waals surface area contributed by atoms with Gasteiger partial charge in [0.1, 0.15) is 0 Å². The molecular formula is C22H22INO. The van der Waals surface area contributed by atoms with Crippen LogP contribution in [0.25, 0.3) is 17.2 Å². The minimum absolute atomic E-state index is 0.868. The molecule has 25 heavy (non-hydrogen) atoms. The van der Waals surface area contributed by atoms with E-state index < -0.39 is 0 Å². The molecule has 1 aliphatic carbocycles. The van der Waals surface area contributed by atoms with Gasteiger partial charge in [0.05, 0.1) is 13.2 Å². The number of allylic oxidation sites excluding steroid dienone is 2. The molecule has 1 fully saturated rings. The second-order valence-corrected chi connectivity index (χ2v) is 7.70. The highest BCUT2D eigenvalue weighted by molar-refractivity contribution is 14.1. The molecule has 2 aromatic rings. The Balaban J connectivity index is 1.60. The second-order valence-electron chi connectivity index (χ2n) is 6.54. The topological polar surface area (TPSA) is 12.5 Å². The molecule has 0 radical (unpaired) electrons. The zero-order valence-corrected chi connectivity index (χ0v) is 16.4. The Hall–Kier alpha value is -1.43. The first-order valence-corrected chi connectivity index (χ1v) is 9.96. The van der Waals surface area contributed by atoms with E-state index in [2.05, 4.69) is 88.2 Å². The highest BCUT2D eigenvalue weighted by atomic mass is 127. The van der Waals surface area contributed by atoms with Crippen LogP contribution in [0, 0.1) is 3.57 Å². The second kappa shape index (κ2) is 7.85. The van der Waals surface area contributed by atoms with Crippen LogP contribution in [0.2, 0.25) is 0 Å². The van der Waals surface area contributed by atoms with Gasteiger partial charge in [0.25, 0.3) is 0 Å². The van der Waals surface area contributed by atoms with Crippen LogP contribution in [-0.2, 0) is 4.74 Å². The van der Waals surface area contributed by atoms with Crippen molar-refractivity contribution in [3.05, 3.63) is 74.9 Å². The normalized spacial score (nSPS) is 19.1. The number of hydrogen-bond donors (Lipinski definition) is 0. The van der Waals surface area contributed by atoms with E-state index in [9.17, 15) is 0 Å². The molecule has 2 aliphatic rings. The van der Waals surface area contributed by atoms with Crippen molar-refractivity contribution < 1.29 is 4.74 Å². The van der Waals surface area contributed by atoms with Gasteiger partial charge in [-0.2, -0.15) is 0 Å². The summed E-state index contributed by atoms with van der Waals surface area (Å²) in [6, 6.07) is 17.4. The third-order valence-electron chi connectivity index (χ3n) is 4.93. The van der Waals surface area contributed by atoms with Crippen molar-refractivity contribution in [1.82, 2.24) is 4.90 Å². The third kappa shape index (κ3) is 3.89. The maximum absolute atomic E-state index is 5.46. The average molecular weight is 443 g/mol. The fourth-order valence-electron chi connectivity index (χ4n) is 3.55. The summed E-state index contributed by atoms with van der Waals surface area (Å²) in [7, 11) is 0. The van der Waals surface area contributed by atoms with Crippen molar-refractivity contribution in [3.8, 4) is 0 Å². The molecule has 0 amide bonds. The van der Waals surface area contributed by atoms with Crippen LogP contribution in [0.1, 0.15) is 23.1 Å². The Morgan fingerprint density at radius 2 is 1.68 bits per heavy atom. The standard InChI is InChI=1S/C22H22INO/c23-22-8-4-1-5-18(22)16-19-15-17(20-6-2-3-7-21(19)20)9-10-24-11-13-25-14-12-24/h1-8,15-16H,9-14H2. The Bertz CT molecular complexity index is 818. The SMILES string of the molecule is Ic1ccccc1C=C1C=C(CCN2CCOCC2)c2ccccc21. The van der Waals surface area contributed by atoms with Crippen molar-refractivity contribution >= 4 is 39.8 Å². The Morgan fingerprint density at radius 3 is 2.48 bits per heavy atom. The quantitative estimate of drug-likeness (QED) is 0.621. The predicted molar refractivity (Wildman–Crippen MR) is 113 cm³/mol. The van der Waals surface area contributed by atoms with Gasteiger partial charge >= 0.3 is 0 Å². The monoisotopic (exact) mass is 443 g/mol. The summed E-state index contributed by atoms with van der Waals surface area (Å²) in [5.74, 6) is 0. The van der Waals surface area contributed by atoms with Gasteiger partial charge in [-0.3, -0.25) is 4.90 Å². The maximum Gasteiger partial charge on any atom is 0.0594 e. The van der Waals surface area contributed by atoms with Gasteiger partial charge < -0.3 is 4.74 Å². The van der Waals surface area contributed by atoms with Crippen LogP contribution in [0.3, 0.4) is 0 Å². The average Bonchev–Trinajstić information content (AvgIpc) is 3.01. The summed E-state index contributed by atoms with van der Waals surface area (Å²) in [5.41, 5.74) is 6.83. The Labute approximate surface area is 163 Å². The molecule has 0 unspecified atom stereocenters. The molecule has 0 spiro atoms. The highest BCUT2D eigenvalue weighted by Gasteiger charge is 2.19. The fourth-order valence-corrected chi connectivity index (χ4v) is 4.09. The molecular weight excluding hydrogens is 421 g/mol. The van der Waals surface area contributed by atoms with Crippen LogP contribution >= 0.6 is 22.6 Å². The van der Waals surface area contributed by atoms with Gasteiger partial charge in [-0.1, -0.05) is 48.5 Å². The van der Waals surface area contributed by atoms with E-state index in [0.717, 1.165) is 39.3 Å². The molecule has 1 saturated heterocycles. The van der Waals surface area contributed by atoms with Crippen LogP contribution in [-0.4, -0.2) is 37.7 Å².